The Labute approximate surface area is 160 Å². The van der Waals surface area contributed by atoms with Gasteiger partial charge in [0.1, 0.15) is 0 Å². The smallest absolute Gasteiger partial charge is 0.276 e. The molecule has 2 aromatic heterocycles. The lowest BCUT2D eigenvalue weighted by Crippen LogP contribution is -2.45. The highest BCUT2D eigenvalue weighted by molar-refractivity contribution is 5.92. The van der Waals surface area contributed by atoms with Crippen LogP contribution in [0.15, 0.2) is 30.7 Å². The quantitative estimate of drug-likeness (QED) is 0.878. The largest absolute Gasteiger partial charge is 0.330 e. The maximum Gasteiger partial charge on any atom is 0.276 e. The van der Waals surface area contributed by atoms with Crippen molar-refractivity contribution in [1.82, 2.24) is 30.2 Å². The van der Waals surface area contributed by atoms with Crippen molar-refractivity contribution in [2.45, 2.75) is 63.6 Å². The summed E-state index contributed by atoms with van der Waals surface area (Å²) in [7, 11) is 0. The molecule has 4 rings (SSSR count). The Balaban J connectivity index is 1.53. The average molecular weight is 368 g/mol. The maximum atomic E-state index is 13.3. The first-order valence-corrected chi connectivity index (χ1v) is 10.1. The normalized spacial score (nSPS) is 19.1. The van der Waals surface area contributed by atoms with Gasteiger partial charge in [-0.25, -0.2) is 4.68 Å². The van der Waals surface area contributed by atoms with E-state index < -0.39 is 0 Å². The van der Waals surface area contributed by atoms with Crippen LogP contribution < -0.4 is 5.32 Å². The van der Waals surface area contributed by atoms with E-state index in [1.165, 1.54) is 19.3 Å². The topological polar surface area (TPSA) is 75.9 Å². The first-order valence-electron chi connectivity index (χ1n) is 10.1. The van der Waals surface area contributed by atoms with Crippen LogP contribution in [0.25, 0.3) is 0 Å². The Morgan fingerprint density at radius 2 is 2.00 bits per heavy atom. The van der Waals surface area contributed by atoms with Crippen molar-refractivity contribution < 1.29 is 4.79 Å². The lowest BCUT2D eigenvalue weighted by molar-refractivity contribution is 0.0616. The second-order valence-corrected chi connectivity index (χ2v) is 7.65. The molecule has 1 aliphatic heterocycles. The van der Waals surface area contributed by atoms with Gasteiger partial charge in [0, 0.05) is 25.0 Å². The first kappa shape index (κ1) is 18.1. The minimum Gasteiger partial charge on any atom is -0.330 e. The second-order valence-electron chi connectivity index (χ2n) is 7.65. The molecule has 144 valence electrons. The number of carbonyl (C=O) groups excluding carboxylic acids is 1. The molecule has 2 aromatic rings. The monoisotopic (exact) mass is 368 g/mol. The van der Waals surface area contributed by atoms with Crippen LogP contribution in [0, 0.1) is 0 Å². The summed E-state index contributed by atoms with van der Waals surface area (Å²) in [5.74, 6) is -0.0205. The zero-order valence-electron chi connectivity index (χ0n) is 15.8. The second kappa shape index (κ2) is 8.61. The van der Waals surface area contributed by atoms with E-state index >= 15 is 0 Å². The Hall–Kier alpha value is -2.28. The molecule has 7 heteroatoms. The zero-order valence-corrected chi connectivity index (χ0v) is 15.8. The van der Waals surface area contributed by atoms with E-state index in [1.54, 1.807) is 6.20 Å². The minimum absolute atomic E-state index is 0.0205. The summed E-state index contributed by atoms with van der Waals surface area (Å²) < 4.78 is 1.91. The predicted molar refractivity (Wildman–Crippen MR) is 102 cm³/mol. The van der Waals surface area contributed by atoms with Crippen LogP contribution in [0.4, 0.5) is 0 Å². The van der Waals surface area contributed by atoms with Crippen LogP contribution >= 0.6 is 0 Å². The van der Waals surface area contributed by atoms with Gasteiger partial charge < -0.3 is 10.2 Å². The van der Waals surface area contributed by atoms with Gasteiger partial charge in [-0.05, 0) is 50.4 Å². The van der Waals surface area contributed by atoms with Crippen LogP contribution in [0.1, 0.15) is 67.0 Å². The van der Waals surface area contributed by atoms with Gasteiger partial charge in [-0.2, -0.15) is 0 Å². The van der Waals surface area contributed by atoms with Crippen molar-refractivity contribution in [3.05, 3.63) is 42.0 Å². The molecule has 1 saturated carbocycles. The van der Waals surface area contributed by atoms with Gasteiger partial charge in [0.05, 0.1) is 12.2 Å². The number of hydrogen-bond acceptors (Lipinski definition) is 5. The number of nitrogens with zero attached hydrogens (tertiary/aromatic N) is 5. The average Bonchev–Trinajstić information content (AvgIpc) is 3.24. The molecule has 0 atom stereocenters. The van der Waals surface area contributed by atoms with Crippen molar-refractivity contribution in [3.8, 4) is 0 Å². The summed E-state index contributed by atoms with van der Waals surface area (Å²) in [6, 6.07) is 4.55. The van der Waals surface area contributed by atoms with Crippen LogP contribution in [-0.2, 0) is 6.54 Å². The fourth-order valence-electron chi connectivity index (χ4n) is 4.22. The van der Waals surface area contributed by atoms with Crippen molar-refractivity contribution in [2.75, 3.05) is 13.1 Å². The van der Waals surface area contributed by atoms with E-state index in [-0.39, 0.29) is 11.9 Å². The Morgan fingerprint density at radius 3 is 2.74 bits per heavy atom. The summed E-state index contributed by atoms with van der Waals surface area (Å²) in [6.45, 7) is 2.44. The first-order chi connectivity index (χ1) is 13.3. The summed E-state index contributed by atoms with van der Waals surface area (Å²) in [5, 5.41) is 11.9. The van der Waals surface area contributed by atoms with E-state index in [2.05, 4.69) is 20.6 Å². The van der Waals surface area contributed by atoms with Crippen molar-refractivity contribution >= 4 is 5.91 Å². The van der Waals surface area contributed by atoms with E-state index in [0.29, 0.717) is 18.3 Å². The summed E-state index contributed by atoms with van der Waals surface area (Å²) in [4.78, 5) is 19.5. The fourth-order valence-corrected chi connectivity index (χ4v) is 4.22. The van der Waals surface area contributed by atoms with Crippen molar-refractivity contribution in [2.24, 2.45) is 0 Å². The maximum absolute atomic E-state index is 13.3. The van der Waals surface area contributed by atoms with E-state index in [4.69, 9.17) is 0 Å². The Kier molecular flexibility index (Phi) is 5.77. The fraction of sp³-hybridized carbons (Fsp3) is 0.600. The lowest BCUT2D eigenvalue weighted by Gasteiger charge is -2.34. The van der Waals surface area contributed by atoms with Gasteiger partial charge >= 0.3 is 0 Å². The molecule has 1 saturated heterocycles. The number of carbonyl (C=O) groups is 1. The van der Waals surface area contributed by atoms with Crippen LogP contribution in [0.3, 0.4) is 0 Å². The molecule has 0 bridgehead atoms. The molecular weight excluding hydrogens is 340 g/mol. The van der Waals surface area contributed by atoms with Gasteiger partial charge in [0.25, 0.3) is 5.91 Å². The molecule has 0 radical (unpaired) electrons. The number of aromatic nitrogens is 4. The molecule has 1 aliphatic carbocycles. The molecule has 2 aliphatic rings. The molecule has 7 nitrogen and oxygen atoms in total. The van der Waals surface area contributed by atoms with Gasteiger partial charge in [0.15, 0.2) is 5.69 Å². The number of pyridine rings is 1. The molecule has 27 heavy (non-hydrogen) atoms. The predicted octanol–water partition coefficient (Wildman–Crippen LogP) is 2.57. The molecule has 1 amide bonds. The van der Waals surface area contributed by atoms with Crippen LogP contribution in [0.2, 0.25) is 0 Å². The number of rotatable bonds is 5. The molecule has 1 N–H and O–H groups in total. The van der Waals surface area contributed by atoms with Crippen molar-refractivity contribution in [3.63, 3.8) is 0 Å². The third-order valence-electron chi connectivity index (χ3n) is 5.76. The van der Waals surface area contributed by atoms with Crippen LogP contribution in [0.5, 0.6) is 0 Å². The highest BCUT2D eigenvalue weighted by Crippen LogP contribution is 2.27. The summed E-state index contributed by atoms with van der Waals surface area (Å²) in [6.07, 6.45) is 13.4. The minimum atomic E-state index is -0.0205. The molecule has 0 spiro atoms. The highest BCUT2D eigenvalue weighted by Gasteiger charge is 2.29. The van der Waals surface area contributed by atoms with Gasteiger partial charge in [-0.1, -0.05) is 30.5 Å². The van der Waals surface area contributed by atoms with E-state index in [1.807, 2.05) is 34.1 Å². The van der Waals surface area contributed by atoms with E-state index in [9.17, 15) is 4.79 Å². The zero-order chi connectivity index (χ0) is 18.5. The SMILES string of the molecule is O=C(c1cn(C2CCCCC2)nn1)N(Cc1cccnc1)C1CCNCC1. The summed E-state index contributed by atoms with van der Waals surface area (Å²) >= 11 is 0. The third kappa shape index (κ3) is 4.35. The number of hydrogen-bond donors (Lipinski definition) is 1. The van der Waals surface area contributed by atoms with Gasteiger partial charge in [-0.15, -0.1) is 5.10 Å². The van der Waals surface area contributed by atoms with Crippen LogP contribution in [-0.4, -0.2) is 49.9 Å². The number of nitrogens with one attached hydrogen (secondary N) is 1. The van der Waals surface area contributed by atoms with Gasteiger partial charge in [-0.3, -0.25) is 9.78 Å². The molecular formula is C20H28N6O. The van der Waals surface area contributed by atoms with Gasteiger partial charge in [0.2, 0.25) is 0 Å². The Morgan fingerprint density at radius 1 is 1.19 bits per heavy atom. The molecule has 0 unspecified atom stereocenters. The highest BCUT2D eigenvalue weighted by atomic mass is 16.2. The molecule has 2 fully saturated rings. The Bertz CT molecular complexity index is 734. The number of amides is 1. The summed E-state index contributed by atoms with van der Waals surface area (Å²) in [5.41, 5.74) is 1.51. The standard InChI is InChI=1S/C20H28N6O/c27-20(19-15-26(24-23-19)18-6-2-1-3-7-18)25(17-8-11-21-12-9-17)14-16-5-4-10-22-13-16/h4-5,10,13,15,17-18,21H,1-3,6-9,11-12,14H2. The van der Waals surface area contributed by atoms with E-state index in [0.717, 1.165) is 44.3 Å². The van der Waals surface area contributed by atoms with Crippen molar-refractivity contribution in [1.29, 1.82) is 0 Å². The molecule has 3 heterocycles. The lowest BCUT2D eigenvalue weighted by atomic mass is 9.96. The molecule has 0 aromatic carbocycles. The third-order valence-corrected chi connectivity index (χ3v) is 5.76. The number of piperidine rings is 1.